The van der Waals surface area contributed by atoms with Crippen molar-refractivity contribution in [1.82, 2.24) is 0 Å². The first-order chi connectivity index (χ1) is 41.5. The van der Waals surface area contributed by atoms with E-state index in [0.29, 0.717) is 44.1 Å². The van der Waals surface area contributed by atoms with Gasteiger partial charge in [-0.15, -0.1) is 0 Å². The molecule has 6 nitrogen and oxygen atoms in total. The predicted molar refractivity (Wildman–Crippen MR) is 355 cm³/mol. The van der Waals surface area contributed by atoms with Crippen LogP contribution < -0.4 is 24.8 Å². The summed E-state index contributed by atoms with van der Waals surface area (Å²) in [6.45, 7) is 40.9. The smallest absolute Gasteiger partial charge is 1.00 e. The second-order valence-corrected chi connectivity index (χ2v) is 36.3. The third kappa shape index (κ3) is 15.2. The monoisotopic (exact) mass is 1400 g/mol. The molecular weight excluding hydrogens is 1310 g/mol. The minimum absolute atomic E-state index is 0. The number of benzene rings is 6. The van der Waals surface area contributed by atoms with Gasteiger partial charge in [0.05, 0.1) is 0 Å². The third-order valence-electron chi connectivity index (χ3n) is 19.5. The molecule has 0 bridgehead atoms. The molecule has 0 N–H and O–H groups in total. The fourth-order valence-corrected chi connectivity index (χ4v) is 20.4. The molecule has 0 amide bonds. The Bertz CT molecular complexity index is 3480. The number of fused-ring (bicyclic) bond motifs is 3. The van der Waals surface area contributed by atoms with Crippen molar-refractivity contribution in [3.63, 3.8) is 0 Å². The van der Waals surface area contributed by atoms with Gasteiger partial charge in [-0.25, -0.2) is 0 Å². The number of allylic oxidation sites excluding steroid dienone is 3. The number of rotatable bonds is 12. The van der Waals surface area contributed by atoms with Crippen molar-refractivity contribution in [2.45, 2.75) is 175 Å². The minimum atomic E-state index is -1.33. The van der Waals surface area contributed by atoms with Crippen molar-refractivity contribution in [1.29, 1.82) is 0 Å². The maximum absolute atomic E-state index is 6.38. The van der Waals surface area contributed by atoms with Gasteiger partial charge < -0.3 is 24.8 Å². The molecule has 0 radical (unpaired) electrons. The molecule has 6 aliphatic rings. The summed E-state index contributed by atoms with van der Waals surface area (Å²) in [5, 5.41) is 0. The van der Waals surface area contributed by atoms with E-state index in [1.54, 1.807) is 41.4 Å². The van der Waals surface area contributed by atoms with Gasteiger partial charge in [-0.1, -0.05) is 0 Å². The van der Waals surface area contributed by atoms with E-state index in [1.807, 2.05) is 27.7 Å². The molecule has 3 aliphatic heterocycles. The first-order valence-electron chi connectivity index (χ1n) is 32.5. The molecule has 473 valence electrons. The molecule has 0 spiro atoms. The first-order valence-corrected chi connectivity index (χ1v) is 36.7. The Morgan fingerprint density at radius 3 is 1.09 bits per heavy atom. The van der Waals surface area contributed by atoms with Crippen molar-refractivity contribution in [2.75, 3.05) is 46.4 Å². The summed E-state index contributed by atoms with van der Waals surface area (Å²) < 4.78 is 38.2. The van der Waals surface area contributed by atoms with Gasteiger partial charge in [0, 0.05) is 0 Å². The number of hydrogen-bond donors (Lipinski definition) is 0. The van der Waals surface area contributed by atoms with Gasteiger partial charge in [0.25, 0.3) is 0 Å². The molecule has 12 rings (SSSR count). The fraction of sp³-hybridized carbons (Fsp3) is 0.475. The van der Waals surface area contributed by atoms with Gasteiger partial charge >= 0.3 is 560 Å². The van der Waals surface area contributed by atoms with Crippen LogP contribution in [0, 0.1) is 16.2 Å². The summed E-state index contributed by atoms with van der Waals surface area (Å²) in [7, 11) is 0. The van der Waals surface area contributed by atoms with Crippen molar-refractivity contribution in [2.24, 2.45) is 16.2 Å². The predicted octanol–water partition coefficient (Wildman–Crippen LogP) is 14.1. The van der Waals surface area contributed by atoms with Gasteiger partial charge in [0.1, 0.15) is 0 Å². The van der Waals surface area contributed by atoms with E-state index in [1.165, 1.54) is 83.5 Å². The topological polar surface area (TPSA) is 55.4 Å². The quantitative estimate of drug-likeness (QED) is 0.122. The van der Waals surface area contributed by atoms with E-state index in [9.17, 15) is 0 Å². The standard InChI is InChI=1S/2C27H33O2.C26H31O2.2ClH.2Zr/c2*1-25(2,3)24-13-8-7-11-22(24)21-12-9-10-20-14-19(15-23(20)21)16-27(6)17-28-26(4,5)29-18-27;1-5-26(16-27-18-28-17-26)15-19-13-20-9-8-11-21(23(20)14-19)22-10-6-7-12-24(22)25(2,3)4;;;;/h2*7-15H,16-18H2,1-6H3;6-14H,5,15-18H2,1-4H3;2*1H;;/q;;;;;2*+2/p-2. The van der Waals surface area contributed by atoms with Gasteiger partial charge in [-0.2, -0.15) is 0 Å². The van der Waals surface area contributed by atoms with Crippen LogP contribution in [0.5, 0.6) is 0 Å². The van der Waals surface area contributed by atoms with E-state index >= 15 is 0 Å². The van der Waals surface area contributed by atoms with Crippen LogP contribution in [0.15, 0.2) is 144 Å². The van der Waals surface area contributed by atoms with Crippen molar-refractivity contribution >= 4 is 18.2 Å². The maximum Gasteiger partial charge on any atom is -1.00 e. The Hall–Kier alpha value is -3.35. The van der Waals surface area contributed by atoms with Gasteiger partial charge in [-0.3, -0.25) is 0 Å². The SMILES string of the molecule is CC1(CC2=Cc3c(-c4ccccc4C(C)(C)C)cccc3[CH]2[Zr+2][CH]2C(CC3(C)COC(C)(C)OC3)=Cc3c(-c4ccccc4C(C)(C)C)cccc32)COC(C)(C)OC1.CCC1(CC2=Cc3c(-c4ccccc4C(C)(C)C)cccc3[CH]2[Zr+2])COCOC1.[Cl-].[Cl-]. The summed E-state index contributed by atoms with van der Waals surface area (Å²) in [4.78, 5) is 0. The molecule has 3 saturated heterocycles. The molecule has 6 aromatic carbocycles. The molecule has 0 aromatic heterocycles. The molecule has 3 atom stereocenters. The summed E-state index contributed by atoms with van der Waals surface area (Å²) in [6, 6.07) is 48.2. The van der Waals surface area contributed by atoms with Crippen LogP contribution in [0.25, 0.3) is 51.6 Å². The van der Waals surface area contributed by atoms with Crippen LogP contribution in [0.3, 0.4) is 0 Å². The van der Waals surface area contributed by atoms with Crippen molar-refractivity contribution in [3.8, 4) is 33.4 Å². The van der Waals surface area contributed by atoms with Gasteiger partial charge in [0.2, 0.25) is 0 Å². The Labute approximate surface area is 579 Å². The average Bonchev–Trinajstić information content (AvgIpc) is 1.67. The average molecular weight is 1410 g/mol. The van der Waals surface area contributed by atoms with Crippen molar-refractivity contribution < 1.29 is 101 Å². The largest absolute Gasteiger partial charge is 1.00 e. The first kappa shape index (κ1) is 71.0. The number of halogens is 2. The molecule has 3 aliphatic carbocycles. The fourth-order valence-electron chi connectivity index (χ4n) is 14.5. The number of hydrogen-bond acceptors (Lipinski definition) is 6. The summed E-state index contributed by atoms with van der Waals surface area (Å²) in [5.74, 6) is -1.11. The van der Waals surface area contributed by atoms with E-state index < -0.39 is 34.8 Å². The van der Waals surface area contributed by atoms with Crippen LogP contribution in [0.1, 0.15) is 197 Å². The van der Waals surface area contributed by atoms with Crippen molar-refractivity contribution in [3.05, 3.63) is 194 Å². The Kier molecular flexibility index (Phi) is 21.6. The summed E-state index contributed by atoms with van der Waals surface area (Å²) in [6.07, 6.45) is 11.7. The van der Waals surface area contributed by atoms with Gasteiger partial charge in [-0.05, 0) is 0 Å². The van der Waals surface area contributed by atoms with E-state index in [-0.39, 0.29) is 57.3 Å². The molecule has 3 unspecified atom stereocenters. The Morgan fingerprint density at radius 1 is 0.411 bits per heavy atom. The third-order valence-corrected chi connectivity index (χ3v) is 26.2. The number of ether oxygens (including phenoxy) is 6. The second kappa shape index (κ2) is 27.4. The van der Waals surface area contributed by atoms with E-state index in [4.69, 9.17) is 28.4 Å². The van der Waals surface area contributed by atoms with Crippen LogP contribution >= 0.6 is 0 Å². The summed E-state index contributed by atoms with van der Waals surface area (Å²) in [5.41, 5.74) is 25.8. The molecule has 3 heterocycles. The zero-order chi connectivity index (χ0) is 62.8. The normalized spacial score (nSPS) is 21.8. The minimum Gasteiger partial charge on any atom is -1.00 e. The molecule has 3 fully saturated rings. The van der Waals surface area contributed by atoms with Crippen LogP contribution in [0.4, 0.5) is 0 Å². The van der Waals surface area contributed by atoms with Crippen LogP contribution in [0.2, 0.25) is 0 Å². The van der Waals surface area contributed by atoms with Crippen LogP contribution in [-0.2, 0) is 92.6 Å². The zero-order valence-corrected chi connectivity index (χ0v) is 63.0. The zero-order valence-electron chi connectivity index (χ0n) is 56.6. The molecule has 0 saturated carbocycles. The second-order valence-electron chi connectivity index (χ2n) is 31.2. The molecule has 90 heavy (non-hydrogen) atoms. The molecular formula is C80H97Cl2O6Zr2+2. The Balaban J connectivity index is 0.000000260. The summed E-state index contributed by atoms with van der Waals surface area (Å²) >= 11 is 0.236. The Morgan fingerprint density at radius 2 is 0.733 bits per heavy atom. The van der Waals surface area contributed by atoms with E-state index in [0.717, 1.165) is 38.9 Å². The molecule has 10 heteroatoms. The van der Waals surface area contributed by atoms with E-state index in [2.05, 4.69) is 229 Å². The molecule has 6 aromatic rings. The maximum atomic E-state index is 6.38. The van der Waals surface area contributed by atoms with Gasteiger partial charge in [0.15, 0.2) is 0 Å². The van der Waals surface area contributed by atoms with Crippen LogP contribution in [-0.4, -0.2) is 58.0 Å².